The van der Waals surface area contributed by atoms with Gasteiger partial charge in [-0.1, -0.05) is 32.0 Å². The van der Waals surface area contributed by atoms with Crippen LogP contribution in [-0.2, 0) is 5.41 Å². The first-order valence-corrected chi connectivity index (χ1v) is 6.31. The van der Waals surface area contributed by atoms with Gasteiger partial charge in [0.2, 0.25) is 0 Å². The molecule has 2 nitrogen and oxygen atoms in total. The zero-order valence-corrected chi connectivity index (χ0v) is 10.3. The summed E-state index contributed by atoms with van der Waals surface area (Å²) in [6.07, 6.45) is 1.63. The number of hydrogen-bond acceptors (Lipinski definition) is 3. The molecule has 1 aromatic heterocycles. The van der Waals surface area contributed by atoms with Gasteiger partial charge in [0, 0.05) is 5.39 Å². The molecule has 0 radical (unpaired) electrons. The number of nitrogens with zero attached hydrogens (tertiary/aromatic N) is 2. The van der Waals surface area contributed by atoms with E-state index in [1.165, 1.54) is 16.2 Å². The minimum absolute atomic E-state index is 0.417. The third-order valence-electron chi connectivity index (χ3n) is 3.25. The Hall–Kier alpha value is -1.40. The van der Waals surface area contributed by atoms with Crippen LogP contribution in [0.3, 0.4) is 0 Å². The number of hydrogen-bond donors (Lipinski definition) is 0. The molecule has 3 heteroatoms. The predicted octanol–water partition coefficient (Wildman–Crippen LogP) is 3.88. The molecule has 0 N–H and O–H groups in total. The molecule has 0 spiro atoms. The van der Waals surface area contributed by atoms with Crippen molar-refractivity contribution in [3.05, 3.63) is 30.0 Å². The second kappa shape index (κ2) is 4.23. The summed E-state index contributed by atoms with van der Waals surface area (Å²) in [4.78, 5) is 0. The molecule has 0 fully saturated rings. The van der Waals surface area contributed by atoms with Crippen LogP contribution in [0, 0.1) is 11.3 Å². The van der Waals surface area contributed by atoms with E-state index in [0.717, 1.165) is 23.9 Å². The molecule has 0 aliphatic rings. The third-order valence-corrected chi connectivity index (χ3v) is 4.08. The second-order valence-electron chi connectivity index (χ2n) is 3.93. The second-order valence-corrected chi connectivity index (χ2v) is 4.73. The fraction of sp³-hybridized carbons (Fsp3) is 0.385. The molecule has 16 heavy (non-hydrogen) atoms. The van der Waals surface area contributed by atoms with E-state index in [4.69, 9.17) is 0 Å². The van der Waals surface area contributed by atoms with E-state index in [0.29, 0.717) is 0 Å². The van der Waals surface area contributed by atoms with Crippen molar-refractivity contribution in [2.75, 3.05) is 0 Å². The van der Waals surface area contributed by atoms with Crippen LogP contribution in [0.25, 0.3) is 10.1 Å². The first-order valence-electron chi connectivity index (χ1n) is 5.53. The SMILES string of the molecule is CCC(C#N)(CC)c1nsc2ccccc12. The van der Waals surface area contributed by atoms with E-state index in [-0.39, 0.29) is 0 Å². The van der Waals surface area contributed by atoms with Gasteiger partial charge >= 0.3 is 0 Å². The molecule has 0 saturated carbocycles. The Morgan fingerprint density at radius 2 is 2.00 bits per heavy atom. The van der Waals surface area contributed by atoms with Crippen LogP contribution in [-0.4, -0.2) is 4.37 Å². The van der Waals surface area contributed by atoms with Crippen molar-refractivity contribution < 1.29 is 0 Å². The van der Waals surface area contributed by atoms with E-state index in [1.54, 1.807) is 0 Å². The Balaban J connectivity index is 2.67. The summed E-state index contributed by atoms with van der Waals surface area (Å²) in [5.41, 5.74) is 0.542. The Morgan fingerprint density at radius 3 is 2.62 bits per heavy atom. The summed E-state index contributed by atoms with van der Waals surface area (Å²) in [5.74, 6) is 0. The molecule has 2 aromatic rings. The van der Waals surface area contributed by atoms with Gasteiger partial charge in [-0.15, -0.1) is 0 Å². The van der Waals surface area contributed by atoms with Gasteiger partial charge < -0.3 is 0 Å². The average molecular weight is 230 g/mol. The summed E-state index contributed by atoms with van der Waals surface area (Å²) >= 11 is 1.49. The van der Waals surface area contributed by atoms with Crippen molar-refractivity contribution in [3.8, 4) is 6.07 Å². The fourth-order valence-electron chi connectivity index (χ4n) is 2.03. The van der Waals surface area contributed by atoms with Crippen LogP contribution in [0.1, 0.15) is 32.4 Å². The van der Waals surface area contributed by atoms with Gasteiger partial charge in [0.05, 0.1) is 16.5 Å². The van der Waals surface area contributed by atoms with Crippen LogP contribution in [0.4, 0.5) is 0 Å². The van der Waals surface area contributed by atoms with E-state index in [1.807, 2.05) is 12.1 Å². The third kappa shape index (κ3) is 1.50. The topological polar surface area (TPSA) is 36.7 Å². The number of rotatable bonds is 3. The molecule has 1 aromatic carbocycles. The zero-order valence-electron chi connectivity index (χ0n) is 9.53. The molecule has 0 unspecified atom stereocenters. The molecule has 1 heterocycles. The minimum atomic E-state index is -0.417. The predicted molar refractivity (Wildman–Crippen MR) is 67.5 cm³/mol. The highest BCUT2D eigenvalue weighted by Crippen LogP contribution is 2.36. The molecule has 0 atom stereocenters. The summed E-state index contributed by atoms with van der Waals surface area (Å²) in [5, 5.41) is 10.6. The van der Waals surface area contributed by atoms with E-state index >= 15 is 0 Å². The monoisotopic (exact) mass is 230 g/mol. The number of fused-ring (bicyclic) bond motifs is 1. The molecule has 0 aliphatic heterocycles. The highest BCUT2D eigenvalue weighted by molar-refractivity contribution is 7.13. The molecule has 0 saturated heterocycles. The van der Waals surface area contributed by atoms with Gasteiger partial charge in [0.25, 0.3) is 0 Å². The summed E-state index contributed by atoms with van der Waals surface area (Å²) in [7, 11) is 0. The van der Waals surface area contributed by atoms with Crippen molar-refractivity contribution in [3.63, 3.8) is 0 Å². The Bertz CT molecular complexity index is 532. The maximum atomic E-state index is 9.42. The van der Waals surface area contributed by atoms with Gasteiger partial charge in [0.1, 0.15) is 5.41 Å². The highest BCUT2D eigenvalue weighted by atomic mass is 32.1. The Morgan fingerprint density at radius 1 is 1.31 bits per heavy atom. The van der Waals surface area contributed by atoms with Gasteiger partial charge in [0.15, 0.2) is 0 Å². The summed E-state index contributed by atoms with van der Waals surface area (Å²) < 4.78 is 5.67. The number of aromatic nitrogens is 1. The maximum Gasteiger partial charge on any atom is 0.100 e. The van der Waals surface area contributed by atoms with Crippen LogP contribution in [0.2, 0.25) is 0 Å². The van der Waals surface area contributed by atoms with Crippen molar-refractivity contribution >= 4 is 21.6 Å². The summed E-state index contributed by atoms with van der Waals surface area (Å²) in [6.45, 7) is 4.11. The first kappa shape index (κ1) is 11.1. The molecule has 0 aliphatic carbocycles. The zero-order chi connectivity index (χ0) is 11.6. The highest BCUT2D eigenvalue weighted by Gasteiger charge is 2.32. The van der Waals surface area contributed by atoms with Crippen molar-refractivity contribution in [2.45, 2.75) is 32.1 Å². The van der Waals surface area contributed by atoms with Crippen molar-refractivity contribution in [1.29, 1.82) is 5.26 Å². The lowest BCUT2D eigenvalue weighted by Gasteiger charge is -2.21. The standard InChI is InChI=1S/C13H14N2S/c1-3-13(4-2,9-14)12-10-7-5-6-8-11(10)16-15-12/h5-8H,3-4H2,1-2H3. The molecular formula is C13H14N2S. The van der Waals surface area contributed by atoms with Crippen molar-refractivity contribution in [2.24, 2.45) is 0 Å². The lowest BCUT2D eigenvalue weighted by molar-refractivity contribution is 0.505. The maximum absolute atomic E-state index is 9.42. The van der Waals surface area contributed by atoms with E-state index in [2.05, 4.69) is 36.4 Å². The lowest BCUT2D eigenvalue weighted by Crippen LogP contribution is -2.22. The lowest BCUT2D eigenvalue weighted by atomic mass is 9.79. The Kier molecular flexibility index (Phi) is 2.93. The molecule has 0 amide bonds. The fourth-order valence-corrected chi connectivity index (χ4v) is 2.89. The van der Waals surface area contributed by atoms with Gasteiger partial charge in [-0.05, 0) is 30.4 Å². The Labute approximate surface area is 99.7 Å². The molecular weight excluding hydrogens is 216 g/mol. The normalized spacial score (nSPS) is 11.6. The smallest absolute Gasteiger partial charge is 0.100 e. The van der Waals surface area contributed by atoms with Crippen LogP contribution < -0.4 is 0 Å². The van der Waals surface area contributed by atoms with Gasteiger partial charge in [-0.2, -0.15) is 9.64 Å². The quantitative estimate of drug-likeness (QED) is 0.802. The van der Waals surface area contributed by atoms with Gasteiger partial charge in [-0.25, -0.2) is 0 Å². The molecule has 82 valence electrons. The number of nitriles is 1. The number of benzene rings is 1. The van der Waals surface area contributed by atoms with Gasteiger partial charge in [-0.3, -0.25) is 0 Å². The van der Waals surface area contributed by atoms with Crippen molar-refractivity contribution in [1.82, 2.24) is 4.37 Å². The molecule has 0 bridgehead atoms. The van der Waals surface area contributed by atoms with E-state index in [9.17, 15) is 5.26 Å². The van der Waals surface area contributed by atoms with Crippen LogP contribution in [0.5, 0.6) is 0 Å². The van der Waals surface area contributed by atoms with Crippen LogP contribution >= 0.6 is 11.5 Å². The van der Waals surface area contributed by atoms with E-state index < -0.39 is 5.41 Å². The average Bonchev–Trinajstić information content (AvgIpc) is 2.77. The van der Waals surface area contributed by atoms with Crippen LogP contribution in [0.15, 0.2) is 24.3 Å². The molecule has 2 rings (SSSR count). The first-order chi connectivity index (χ1) is 7.77. The summed E-state index contributed by atoms with van der Waals surface area (Å²) in [6, 6.07) is 10.6. The minimum Gasteiger partial charge on any atom is -0.197 e. The largest absolute Gasteiger partial charge is 0.197 e.